The molecule has 0 saturated carbocycles. The van der Waals surface area contributed by atoms with Crippen LogP contribution in [0.15, 0.2) is 18.2 Å². The summed E-state index contributed by atoms with van der Waals surface area (Å²) in [5, 5.41) is 16.8. The van der Waals surface area contributed by atoms with Gasteiger partial charge in [0.1, 0.15) is 17.1 Å². The highest BCUT2D eigenvalue weighted by atomic mass is 19.1. The van der Waals surface area contributed by atoms with Crippen LogP contribution in [-0.2, 0) is 0 Å². The number of carboxylic acids is 1. The van der Waals surface area contributed by atoms with E-state index < -0.39 is 5.97 Å². The van der Waals surface area contributed by atoms with Gasteiger partial charge in [0.25, 0.3) is 5.88 Å². The summed E-state index contributed by atoms with van der Waals surface area (Å²) in [4.78, 5) is 11.3. The number of benzene rings is 1. The first-order chi connectivity index (χ1) is 9.40. The quantitative estimate of drug-likeness (QED) is 0.932. The summed E-state index contributed by atoms with van der Waals surface area (Å²) in [7, 11) is 0. The molecule has 2 rings (SSSR count). The van der Waals surface area contributed by atoms with Gasteiger partial charge in [-0.3, -0.25) is 0 Å². The van der Waals surface area contributed by atoms with Gasteiger partial charge in [-0.15, -0.1) is 5.10 Å². The molecule has 0 bridgehead atoms. The zero-order valence-corrected chi connectivity index (χ0v) is 11.3. The number of hydrogen-bond acceptors (Lipinski definition) is 4. The van der Waals surface area contributed by atoms with Crippen molar-refractivity contribution < 1.29 is 19.0 Å². The van der Waals surface area contributed by atoms with E-state index in [1.54, 1.807) is 20.8 Å². The van der Waals surface area contributed by atoms with Gasteiger partial charge in [0, 0.05) is 0 Å². The third-order valence-corrected chi connectivity index (χ3v) is 2.98. The van der Waals surface area contributed by atoms with Crippen molar-refractivity contribution in [3.8, 4) is 11.6 Å². The molecule has 0 saturated heterocycles. The molecule has 0 spiro atoms. The van der Waals surface area contributed by atoms with E-state index in [1.807, 2.05) is 0 Å². The molecule has 6 heteroatoms. The molecule has 0 unspecified atom stereocenters. The Morgan fingerprint density at radius 3 is 2.55 bits per heavy atom. The maximum atomic E-state index is 13.2. The SMILES string of the molecule is Cc1cc(Oc2nnc(C)c(C)c2C(=O)O)ccc1F. The van der Waals surface area contributed by atoms with Crippen LogP contribution < -0.4 is 4.74 Å². The van der Waals surface area contributed by atoms with E-state index in [2.05, 4.69) is 10.2 Å². The first-order valence-corrected chi connectivity index (χ1v) is 5.91. The van der Waals surface area contributed by atoms with Crippen molar-refractivity contribution >= 4 is 5.97 Å². The number of aromatic nitrogens is 2. The molecule has 0 fully saturated rings. The third-order valence-electron chi connectivity index (χ3n) is 2.98. The molecule has 1 aromatic carbocycles. The summed E-state index contributed by atoms with van der Waals surface area (Å²) in [5.74, 6) is -1.30. The van der Waals surface area contributed by atoms with E-state index in [-0.39, 0.29) is 17.3 Å². The Bertz CT molecular complexity index is 686. The molecule has 0 atom stereocenters. The molecule has 1 N–H and O–H groups in total. The van der Waals surface area contributed by atoms with E-state index in [0.29, 0.717) is 22.6 Å². The Morgan fingerprint density at radius 1 is 1.25 bits per heavy atom. The van der Waals surface area contributed by atoms with Crippen molar-refractivity contribution in [1.29, 1.82) is 0 Å². The number of rotatable bonds is 3. The lowest BCUT2D eigenvalue weighted by Crippen LogP contribution is -2.08. The average molecular weight is 276 g/mol. The van der Waals surface area contributed by atoms with Crippen molar-refractivity contribution in [2.45, 2.75) is 20.8 Å². The van der Waals surface area contributed by atoms with Crippen molar-refractivity contribution in [3.63, 3.8) is 0 Å². The van der Waals surface area contributed by atoms with Crippen LogP contribution in [0.3, 0.4) is 0 Å². The van der Waals surface area contributed by atoms with E-state index >= 15 is 0 Å². The van der Waals surface area contributed by atoms with Gasteiger partial charge in [-0.1, -0.05) is 0 Å². The summed E-state index contributed by atoms with van der Waals surface area (Å²) in [6, 6.07) is 4.13. The highest BCUT2D eigenvalue weighted by Crippen LogP contribution is 2.27. The largest absolute Gasteiger partial charge is 0.477 e. The van der Waals surface area contributed by atoms with Gasteiger partial charge in [0.15, 0.2) is 0 Å². The molecule has 20 heavy (non-hydrogen) atoms. The minimum Gasteiger partial charge on any atom is -0.477 e. The first-order valence-electron chi connectivity index (χ1n) is 5.91. The number of aromatic carboxylic acids is 1. The first kappa shape index (κ1) is 13.9. The van der Waals surface area contributed by atoms with Crippen molar-refractivity contribution in [3.05, 3.63) is 46.4 Å². The highest BCUT2D eigenvalue weighted by Gasteiger charge is 2.19. The van der Waals surface area contributed by atoms with Gasteiger partial charge in [0.2, 0.25) is 0 Å². The molecular weight excluding hydrogens is 263 g/mol. The lowest BCUT2D eigenvalue weighted by atomic mass is 10.1. The number of halogens is 1. The van der Waals surface area contributed by atoms with Crippen LogP contribution in [0.4, 0.5) is 4.39 Å². The van der Waals surface area contributed by atoms with Crippen LogP contribution in [0.25, 0.3) is 0 Å². The second kappa shape index (κ2) is 5.24. The summed E-state index contributed by atoms with van der Waals surface area (Å²) in [6.45, 7) is 4.89. The third kappa shape index (κ3) is 2.59. The van der Waals surface area contributed by atoms with Gasteiger partial charge in [-0.25, -0.2) is 9.18 Å². The zero-order valence-electron chi connectivity index (χ0n) is 11.3. The molecule has 5 nitrogen and oxygen atoms in total. The van der Waals surface area contributed by atoms with Crippen LogP contribution in [-0.4, -0.2) is 21.3 Å². The fourth-order valence-corrected chi connectivity index (χ4v) is 1.70. The summed E-state index contributed by atoms with van der Waals surface area (Å²) in [6.07, 6.45) is 0. The maximum Gasteiger partial charge on any atom is 0.341 e. The van der Waals surface area contributed by atoms with E-state index in [9.17, 15) is 14.3 Å². The molecule has 0 aliphatic carbocycles. The number of carbonyl (C=O) groups is 1. The van der Waals surface area contributed by atoms with E-state index in [1.165, 1.54) is 18.2 Å². The Balaban J connectivity index is 2.45. The second-order valence-electron chi connectivity index (χ2n) is 4.41. The second-order valence-corrected chi connectivity index (χ2v) is 4.41. The van der Waals surface area contributed by atoms with Crippen LogP contribution >= 0.6 is 0 Å². The Morgan fingerprint density at radius 2 is 1.95 bits per heavy atom. The molecule has 0 aliphatic rings. The van der Waals surface area contributed by atoms with Crippen molar-refractivity contribution in [2.24, 2.45) is 0 Å². The summed E-state index contributed by atoms with van der Waals surface area (Å²) in [5.41, 5.74) is 1.36. The van der Waals surface area contributed by atoms with Gasteiger partial charge in [-0.2, -0.15) is 5.10 Å². The molecule has 1 aromatic heterocycles. The van der Waals surface area contributed by atoms with Gasteiger partial charge < -0.3 is 9.84 Å². The van der Waals surface area contributed by atoms with Crippen molar-refractivity contribution in [1.82, 2.24) is 10.2 Å². The van der Waals surface area contributed by atoms with Crippen molar-refractivity contribution in [2.75, 3.05) is 0 Å². The lowest BCUT2D eigenvalue weighted by molar-refractivity contribution is 0.0692. The van der Waals surface area contributed by atoms with Gasteiger partial charge in [-0.05, 0) is 50.1 Å². The molecular formula is C14H13FN2O3. The minimum atomic E-state index is -1.14. The predicted octanol–water partition coefficient (Wildman–Crippen LogP) is 3.03. The Kier molecular flexibility index (Phi) is 3.65. The molecule has 2 aromatic rings. The van der Waals surface area contributed by atoms with Gasteiger partial charge in [0.05, 0.1) is 5.69 Å². The van der Waals surface area contributed by atoms with Crippen LogP contribution in [0.2, 0.25) is 0 Å². The highest BCUT2D eigenvalue weighted by molar-refractivity contribution is 5.92. The van der Waals surface area contributed by atoms with E-state index in [4.69, 9.17) is 4.74 Å². The number of hydrogen-bond donors (Lipinski definition) is 1. The fraction of sp³-hybridized carbons (Fsp3) is 0.214. The maximum absolute atomic E-state index is 13.2. The molecule has 0 amide bonds. The predicted molar refractivity (Wildman–Crippen MR) is 69.7 cm³/mol. The fourth-order valence-electron chi connectivity index (χ4n) is 1.70. The number of nitrogens with zero attached hydrogens (tertiary/aromatic N) is 2. The molecule has 1 heterocycles. The standard InChI is InChI=1S/C14H13FN2O3/c1-7-6-10(4-5-11(7)15)20-13-12(14(18)19)8(2)9(3)16-17-13/h4-6H,1-3H3,(H,18,19). The van der Waals surface area contributed by atoms with Crippen LogP contribution in [0.1, 0.15) is 27.2 Å². The normalized spacial score (nSPS) is 10.4. The van der Waals surface area contributed by atoms with Gasteiger partial charge >= 0.3 is 5.97 Å². The number of ether oxygens (including phenoxy) is 1. The smallest absolute Gasteiger partial charge is 0.341 e. The Labute approximate surface area is 115 Å². The number of aryl methyl sites for hydroxylation is 2. The summed E-state index contributed by atoms with van der Waals surface area (Å²) >= 11 is 0. The summed E-state index contributed by atoms with van der Waals surface area (Å²) < 4.78 is 18.6. The molecule has 104 valence electrons. The van der Waals surface area contributed by atoms with Crippen LogP contribution in [0.5, 0.6) is 11.6 Å². The molecule has 0 aliphatic heterocycles. The lowest BCUT2D eigenvalue weighted by Gasteiger charge is -2.10. The monoisotopic (exact) mass is 276 g/mol. The molecule has 0 radical (unpaired) electrons. The minimum absolute atomic E-state index is 0.0421. The Hall–Kier alpha value is -2.50. The van der Waals surface area contributed by atoms with Crippen LogP contribution in [0, 0.1) is 26.6 Å². The van der Waals surface area contributed by atoms with E-state index in [0.717, 1.165) is 0 Å². The number of carboxylic acid groups (broad SMARTS) is 1. The topological polar surface area (TPSA) is 72.3 Å². The zero-order chi connectivity index (χ0) is 14.9. The average Bonchev–Trinajstić information content (AvgIpc) is 2.38.